The Kier molecular flexibility index (Phi) is 5.64. The van der Waals surface area contributed by atoms with Gasteiger partial charge in [-0.15, -0.1) is 0 Å². The van der Waals surface area contributed by atoms with E-state index in [9.17, 15) is 4.79 Å². The molecular weight excluding hydrogens is 362 g/mol. The van der Waals surface area contributed by atoms with Gasteiger partial charge in [0.2, 0.25) is 5.95 Å². The molecule has 3 rings (SSSR count). The zero-order chi connectivity index (χ0) is 19.2. The molecule has 2 aromatic carbocycles. The molecule has 0 saturated heterocycles. The standard InChI is InChI=1S/C20H16ClN5O/c1-13-10-18(19(27)25-16-8-6-14(11-22)7-9-16)26-20(24-13)23-12-15-4-2-3-5-17(15)21/h2-10H,12H2,1H3,(H,25,27)(H,23,24,26). The van der Waals surface area contributed by atoms with Crippen LogP contribution in [0.1, 0.15) is 27.3 Å². The van der Waals surface area contributed by atoms with E-state index in [4.69, 9.17) is 16.9 Å². The van der Waals surface area contributed by atoms with Crippen molar-refractivity contribution in [3.05, 3.63) is 82.1 Å². The summed E-state index contributed by atoms with van der Waals surface area (Å²) in [5.41, 5.74) is 2.93. The average Bonchev–Trinajstić information content (AvgIpc) is 2.67. The van der Waals surface area contributed by atoms with Crippen molar-refractivity contribution in [2.45, 2.75) is 13.5 Å². The predicted molar refractivity (Wildman–Crippen MR) is 105 cm³/mol. The molecule has 0 fully saturated rings. The van der Waals surface area contributed by atoms with Crippen molar-refractivity contribution >= 4 is 29.1 Å². The summed E-state index contributed by atoms with van der Waals surface area (Å²) in [6, 6.07) is 17.7. The number of nitriles is 1. The van der Waals surface area contributed by atoms with Crippen molar-refractivity contribution in [1.29, 1.82) is 5.26 Å². The number of amides is 1. The van der Waals surface area contributed by atoms with E-state index < -0.39 is 0 Å². The second-order valence-corrected chi connectivity index (χ2v) is 6.21. The van der Waals surface area contributed by atoms with E-state index >= 15 is 0 Å². The number of aryl methyl sites for hydroxylation is 1. The van der Waals surface area contributed by atoms with Crippen molar-refractivity contribution in [2.75, 3.05) is 10.6 Å². The molecule has 3 aromatic rings. The Bertz CT molecular complexity index is 1010. The topological polar surface area (TPSA) is 90.7 Å². The Morgan fingerprint density at radius 1 is 1.15 bits per heavy atom. The maximum atomic E-state index is 12.5. The van der Waals surface area contributed by atoms with Gasteiger partial charge in [-0.3, -0.25) is 4.79 Å². The fourth-order valence-corrected chi connectivity index (χ4v) is 2.61. The number of hydrogen-bond acceptors (Lipinski definition) is 5. The van der Waals surface area contributed by atoms with Crippen molar-refractivity contribution in [3.8, 4) is 6.07 Å². The minimum absolute atomic E-state index is 0.244. The van der Waals surface area contributed by atoms with Gasteiger partial charge in [-0.1, -0.05) is 29.8 Å². The van der Waals surface area contributed by atoms with Gasteiger partial charge in [0.1, 0.15) is 5.69 Å². The third-order valence-corrected chi connectivity index (χ3v) is 4.12. The molecule has 2 N–H and O–H groups in total. The number of nitrogens with zero attached hydrogens (tertiary/aromatic N) is 3. The maximum absolute atomic E-state index is 12.5. The number of benzene rings is 2. The van der Waals surface area contributed by atoms with Crippen LogP contribution in [0.2, 0.25) is 5.02 Å². The fourth-order valence-electron chi connectivity index (χ4n) is 2.40. The molecule has 134 valence electrons. The van der Waals surface area contributed by atoms with Gasteiger partial charge in [-0.2, -0.15) is 5.26 Å². The highest BCUT2D eigenvalue weighted by Crippen LogP contribution is 2.16. The van der Waals surface area contributed by atoms with E-state index in [2.05, 4.69) is 20.6 Å². The molecule has 0 bridgehead atoms. The molecule has 6 nitrogen and oxygen atoms in total. The molecule has 0 aliphatic carbocycles. The van der Waals surface area contributed by atoms with Gasteiger partial charge in [0.25, 0.3) is 5.91 Å². The number of carbonyl (C=O) groups excluding carboxylic acids is 1. The van der Waals surface area contributed by atoms with E-state index in [1.807, 2.05) is 30.3 Å². The van der Waals surface area contributed by atoms with Gasteiger partial charge in [-0.25, -0.2) is 9.97 Å². The van der Waals surface area contributed by atoms with Crippen molar-refractivity contribution in [3.63, 3.8) is 0 Å². The van der Waals surface area contributed by atoms with Gasteiger partial charge in [0, 0.05) is 22.9 Å². The van der Waals surface area contributed by atoms with Crippen LogP contribution in [0.5, 0.6) is 0 Å². The molecule has 0 aliphatic rings. The number of nitrogens with one attached hydrogen (secondary N) is 2. The van der Waals surface area contributed by atoms with Crippen molar-refractivity contribution < 1.29 is 4.79 Å². The lowest BCUT2D eigenvalue weighted by molar-refractivity contribution is 0.102. The highest BCUT2D eigenvalue weighted by atomic mass is 35.5. The maximum Gasteiger partial charge on any atom is 0.274 e. The first-order chi connectivity index (χ1) is 13.0. The zero-order valence-corrected chi connectivity index (χ0v) is 15.3. The molecule has 0 unspecified atom stereocenters. The van der Waals surface area contributed by atoms with Crippen LogP contribution in [0, 0.1) is 18.3 Å². The van der Waals surface area contributed by atoms with E-state index in [0.717, 1.165) is 5.56 Å². The summed E-state index contributed by atoms with van der Waals surface area (Å²) >= 11 is 6.15. The third kappa shape index (κ3) is 4.81. The summed E-state index contributed by atoms with van der Waals surface area (Å²) < 4.78 is 0. The van der Waals surface area contributed by atoms with Crippen LogP contribution in [0.3, 0.4) is 0 Å². The SMILES string of the molecule is Cc1cc(C(=O)Nc2ccc(C#N)cc2)nc(NCc2ccccc2Cl)n1. The summed E-state index contributed by atoms with van der Waals surface area (Å²) in [5, 5.41) is 15.3. The summed E-state index contributed by atoms with van der Waals surface area (Å²) in [4.78, 5) is 21.1. The van der Waals surface area contributed by atoms with Crippen molar-refractivity contribution in [1.82, 2.24) is 9.97 Å². The smallest absolute Gasteiger partial charge is 0.274 e. The summed E-state index contributed by atoms with van der Waals surface area (Å²) in [5.74, 6) is -0.00843. The quantitative estimate of drug-likeness (QED) is 0.696. The number of halogens is 1. The normalized spacial score (nSPS) is 10.1. The first kappa shape index (κ1) is 18.4. The summed E-state index contributed by atoms with van der Waals surface area (Å²) in [7, 11) is 0. The molecule has 0 aliphatic heterocycles. The zero-order valence-electron chi connectivity index (χ0n) is 14.5. The van der Waals surface area contributed by atoms with Gasteiger partial charge < -0.3 is 10.6 Å². The van der Waals surface area contributed by atoms with E-state index in [1.165, 1.54) is 0 Å². The molecule has 1 amide bonds. The van der Waals surface area contributed by atoms with Crippen LogP contribution in [0.15, 0.2) is 54.6 Å². The average molecular weight is 378 g/mol. The molecular formula is C20H16ClN5O. The van der Waals surface area contributed by atoms with Crippen LogP contribution < -0.4 is 10.6 Å². The molecule has 27 heavy (non-hydrogen) atoms. The van der Waals surface area contributed by atoms with E-state index in [1.54, 1.807) is 37.3 Å². The highest BCUT2D eigenvalue weighted by molar-refractivity contribution is 6.31. The lowest BCUT2D eigenvalue weighted by Gasteiger charge is -2.10. The van der Waals surface area contributed by atoms with Crippen LogP contribution in [0.4, 0.5) is 11.6 Å². The predicted octanol–water partition coefficient (Wildman–Crippen LogP) is 4.17. The molecule has 7 heteroatoms. The molecule has 1 heterocycles. The van der Waals surface area contributed by atoms with Gasteiger partial charge >= 0.3 is 0 Å². The van der Waals surface area contributed by atoms with Gasteiger partial charge in [-0.05, 0) is 48.9 Å². The monoisotopic (exact) mass is 377 g/mol. The summed E-state index contributed by atoms with van der Waals surface area (Å²) in [6.07, 6.45) is 0. The van der Waals surface area contributed by atoms with Crippen LogP contribution in [0.25, 0.3) is 0 Å². The van der Waals surface area contributed by atoms with Crippen LogP contribution >= 0.6 is 11.6 Å². The Morgan fingerprint density at radius 3 is 2.59 bits per heavy atom. The van der Waals surface area contributed by atoms with Crippen LogP contribution in [-0.4, -0.2) is 15.9 Å². The minimum atomic E-state index is -0.356. The van der Waals surface area contributed by atoms with Crippen LogP contribution in [-0.2, 0) is 6.54 Å². The molecule has 1 aromatic heterocycles. The van der Waals surface area contributed by atoms with Gasteiger partial charge in [0.05, 0.1) is 11.6 Å². The highest BCUT2D eigenvalue weighted by Gasteiger charge is 2.11. The first-order valence-electron chi connectivity index (χ1n) is 8.19. The van der Waals surface area contributed by atoms with Gasteiger partial charge in [0.15, 0.2) is 0 Å². The molecule has 0 spiro atoms. The second-order valence-electron chi connectivity index (χ2n) is 5.81. The largest absolute Gasteiger partial charge is 0.350 e. The Labute approximate surface area is 161 Å². The molecule has 0 atom stereocenters. The van der Waals surface area contributed by atoms with E-state index in [0.29, 0.717) is 34.5 Å². The number of hydrogen-bond donors (Lipinski definition) is 2. The third-order valence-electron chi connectivity index (χ3n) is 3.75. The van der Waals surface area contributed by atoms with Crippen molar-refractivity contribution in [2.24, 2.45) is 0 Å². The number of carbonyl (C=O) groups is 1. The molecule has 0 saturated carbocycles. The fraction of sp³-hybridized carbons (Fsp3) is 0.100. The second kappa shape index (κ2) is 8.30. The first-order valence-corrected chi connectivity index (χ1v) is 8.57. The molecule has 0 radical (unpaired) electrons. The Balaban J connectivity index is 1.73. The summed E-state index contributed by atoms with van der Waals surface area (Å²) in [6.45, 7) is 2.24. The lowest BCUT2D eigenvalue weighted by Crippen LogP contribution is -2.16. The Morgan fingerprint density at radius 2 is 1.89 bits per heavy atom. The number of rotatable bonds is 5. The van der Waals surface area contributed by atoms with E-state index in [-0.39, 0.29) is 11.6 Å². The number of anilines is 2. The number of aromatic nitrogens is 2. The lowest BCUT2D eigenvalue weighted by atomic mass is 10.2. The Hall–Kier alpha value is -3.43. The minimum Gasteiger partial charge on any atom is -0.350 e.